The lowest BCUT2D eigenvalue weighted by Crippen LogP contribution is -2.47. The molecule has 1 fully saturated rings. The Kier molecular flexibility index (Phi) is 4.38. The third-order valence-corrected chi connectivity index (χ3v) is 4.31. The van der Waals surface area contributed by atoms with E-state index < -0.39 is 28.5 Å². The number of aromatic nitrogens is 2. The summed E-state index contributed by atoms with van der Waals surface area (Å²) in [4.78, 5) is 35.7. The number of amides is 1. The maximum Gasteiger partial charge on any atom is 0.295 e. The SMILES string of the molecule is Cc1c(NC(=O)C2NNCC2[N+](=O)[O-])c(=O)n(-c2ccccc2)n1C. The molecule has 1 aromatic heterocycles. The summed E-state index contributed by atoms with van der Waals surface area (Å²) in [6.45, 7) is 1.73. The number of nitro groups is 1. The summed E-state index contributed by atoms with van der Waals surface area (Å²) in [5.74, 6) is -0.627. The molecule has 10 nitrogen and oxygen atoms in total. The van der Waals surface area contributed by atoms with Gasteiger partial charge in [0.15, 0.2) is 6.04 Å². The molecule has 1 aromatic carbocycles. The van der Waals surface area contributed by atoms with E-state index in [0.717, 1.165) is 0 Å². The van der Waals surface area contributed by atoms with Crippen LogP contribution in [0.3, 0.4) is 0 Å². The molecular weight excluding hydrogens is 328 g/mol. The van der Waals surface area contributed by atoms with Crippen LogP contribution in [0.25, 0.3) is 5.69 Å². The smallest absolute Gasteiger partial charge is 0.295 e. The predicted molar refractivity (Wildman–Crippen MR) is 90.1 cm³/mol. The Labute approximate surface area is 142 Å². The van der Waals surface area contributed by atoms with E-state index in [0.29, 0.717) is 11.4 Å². The van der Waals surface area contributed by atoms with Crippen molar-refractivity contribution in [3.8, 4) is 5.69 Å². The predicted octanol–water partition coefficient (Wildman–Crippen LogP) is -0.455. The standard InChI is InChI=1S/C15H18N6O4/c1-9-12(17-14(22)13-11(21(24)25)8-16-18-13)15(23)20(19(9)2)10-6-4-3-5-7-10/h3-7,11,13,16,18H,8H2,1-2H3,(H,17,22). The number of rotatable bonds is 4. The number of nitrogens with zero attached hydrogens (tertiary/aromatic N) is 3. The van der Waals surface area contributed by atoms with Gasteiger partial charge in [-0.15, -0.1) is 0 Å². The third kappa shape index (κ3) is 2.92. The molecule has 10 heteroatoms. The minimum absolute atomic E-state index is 0.0348. The fourth-order valence-corrected chi connectivity index (χ4v) is 2.84. The second-order valence-corrected chi connectivity index (χ2v) is 5.78. The van der Waals surface area contributed by atoms with Gasteiger partial charge < -0.3 is 5.32 Å². The van der Waals surface area contributed by atoms with Crippen molar-refractivity contribution >= 4 is 11.6 Å². The molecule has 1 amide bonds. The molecule has 0 spiro atoms. The van der Waals surface area contributed by atoms with Crippen LogP contribution in [0.1, 0.15) is 5.69 Å². The number of hydrogen-bond acceptors (Lipinski definition) is 6. The molecule has 0 saturated carbocycles. The average Bonchev–Trinajstić information content (AvgIpc) is 3.16. The van der Waals surface area contributed by atoms with E-state index in [1.54, 1.807) is 42.9 Å². The second kappa shape index (κ2) is 6.49. The van der Waals surface area contributed by atoms with Gasteiger partial charge in [-0.2, -0.15) is 0 Å². The van der Waals surface area contributed by atoms with Gasteiger partial charge in [0.25, 0.3) is 11.6 Å². The molecule has 2 atom stereocenters. The van der Waals surface area contributed by atoms with Gasteiger partial charge in [0.2, 0.25) is 5.91 Å². The van der Waals surface area contributed by atoms with Gasteiger partial charge in [0.05, 0.1) is 17.9 Å². The Bertz CT molecular complexity index is 872. The summed E-state index contributed by atoms with van der Waals surface area (Å²) in [6, 6.07) is 6.84. The largest absolute Gasteiger partial charge is 0.318 e. The third-order valence-electron chi connectivity index (χ3n) is 4.31. The highest BCUT2D eigenvalue weighted by molar-refractivity contribution is 5.95. The topological polar surface area (TPSA) is 123 Å². The van der Waals surface area contributed by atoms with E-state index in [2.05, 4.69) is 16.2 Å². The number of para-hydroxylation sites is 1. The first-order chi connectivity index (χ1) is 11.9. The Morgan fingerprint density at radius 3 is 2.68 bits per heavy atom. The minimum Gasteiger partial charge on any atom is -0.318 e. The van der Waals surface area contributed by atoms with Crippen molar-refractivity contribution < 1.29 is 9.72 Å². The normalized spacial score (nSPS) is 19.8. The molecule has 2 unspecified atom stereocenters. The van der Waals surface area contributed by atoms with Crippen LogP contribution in [0.5, 0.6) is 0 Å². The van der Waals surface area contributed by atoms with Crippen LogP contribution in [0.4, 0.5) is 5.69 Å². The quantitative estimate of drug-likeness (QED) is 0.509. The molecule has 1 aliphatic rings. The fraction of sp³-hybridized carbons (Fsp3) is 0.333. The zero-order valence-electron chi connectivity index (χ0n) is 13.7. The number of hydrogen-bond donors (Lipinski definition) is 3. The molecule has 1 aliphatic heterocycles. The number of nitrogens with one attached hydrogen (secondary N) is 3. The molecule has 25 heavy (non-hydrogen) atoms. The van der Waals surface area contributed by atoms with Crippen molar-refractivity contribution in [1.82, 2.24) is 20.2 Å². The molecule has 0 radical (unpaired) electrons. The van der Waals surface area contributed by atoms with Gasteiger partial charge in [-0.3, -0.25) is 24.4 Å². The summed E-state index contributed by atoms with van der Waals surface area (Å²) >= 11 is 0. The van der Waals surface area contributed by atoms with E-state index in [1.165, 1.54) is 4.68 Å². The van der Waals surface area contributed by atoms with Gasteiger partial charge in [-0.25, -0.2) is 15.5 Å². The molecule has 2 heterocycles. The Morgan fingerprint density at radius 2 is 2.04 bits per heavy atom. The fourth-order valence-electron chi connectivity index (χ4n) is 2.84. The van der Waals surface area contributed by atoms with E-state index in [-0.39, 0.29) is 12.2 Å². The van der Waals surface area contributed by atoms with Crippen LogP contribution in [0.15, 0.2) is 35.1 Å². The lowest BCUT2D eigenvalue weighted by Gasteiger charge is -2.11. The maximum absolute atomic E-state index is 12.7. The van der Waals surface area contributed by atoms with Crippen LogP contribution in [-0.2, 0) is 11.8 Å². The highest BCUT2D eigenvalue weighted by atomic mass is 16.6. The van der Waals surface area contributed by atoms with E-state index in [1.807, 2.05) is 6.07 Å². The van der Waals surface area contributed by atoms with Crippen molar-refractivity contribution in [2.45, 2.75) is 19.0 Å². The van der Waals surface area contributed by atoms with Crippen molar-refractivity contribution in [1.29, 1.82) is 0 Å². The number of benzene rings is 1. The number of anilines is 1. The molecule has 0 bridgehead atoms. The van der Waals surface area contributed by atoms with Crippen LogP contribution in [-0.4, -0.2) is 38.8 Å². The van der Waals surface area contributed by atoms with E-state index in [9.17, 15) is 19.7 Å². The first-order valence-electron chi connectivity index (χ1n) is 7.68. The first kappa shape index (κ1) is 16.9. The van der Waals surface area contributed by atoms with Crippen molar-refractivity contribution in [2.75, 3.05) is 11.9 Å². The summed E-state index contributed by atoms with van der Waals surface area (Å²) in [5.41, 5.74) is 6.09. The minimum atomic E-state index is -1.10. The van der Waals surface area contributed by atoms with E-state index >= 15 is 0 Å². The number of carbonyl (C=O) groups is 1. The van der Waals surface area contributed by atoms with E-state index in [4.69, 9.17) is 0 Å². The number of hydrazine groups is 1. The van der Waals surface area contributed by atoms with Gasteiger partial charge in [-0.05, 0) is 19.1 Å². The molecule has 0 aliphatic carbocycles. The first-order valence-corrected chi connectivity index (χ1v) is 7.68. The van der Waals surface area contributed by atoms with Crippen LogP contribution in [0.2, 0.25) is 0 Å². The van der Waals surface area contributed by atoms with Gasteiger partial charge >= 0.3 is 0 Å². The molecular formula is C15H18N6O4. The lowest BCUT2D eigenvalue weighted by molar-refractivity contribution is -0.517. The van der Waals surface area contributed by atoms with Gasteiger partial charge in [0.1, 0.15) is 5.69 Å². The highest BCUT2D eigenvalue weighted by Crippen LogP contribution is 2.15. The monoisotopic (exact) mass is 346 g/mol. The Morgan fingerprint density at radius 1 is 1.36 bits per heavy atom. The molecule has 3 rings (SSSR count). The summed E-state index contributed by atoms with van der Waals surface area (Å²) in [7, 11) is 1.70. The van der Waals surface area contributed by atoms with Crippen molar-refractivity contribution in [3.05, 3.63) is 56.5 Å². The van der Waals surface area contributed by atoms with Crippen LogP contribution < -0.4 is 21.7 Å². The van der Waals surface area contributed by atoms with Gasteiger partial charge in [0, 0.05) is 12.0 Å². The zero-order chi connectivity index (χ0) is 18.1. The second-order valence-electron chi connectivity index (χ2n) is 5.78. The average molecular weight is 346 g/mol. The maximum atomic E-state index is 12.7. The molecule has 2 aromatic rings. The van der Waals surface area contributed by atoms with Gasteiger partial charge in [-0.1, -0.05) is 18.2 Å². The summed E-state index contributed by atoms with van der Waals surface area (Å²) in [6.07, 6.45) is 0. The van der Waals surface area contributed by atoms with Crippen molar-refractivity contribution in [3.63, 3.8) is 0 Å². The van der Waals surface area contributed by atoms with Crippen molar-refractivity contribution in [2.24, 2.45) is 7.05 Å². The van der Waals surface area contributed by atoms with Crippen LogP contribution >= 0.6 is 0 Å². The molecule has 132 valence electrons. The van der Waals surface area contributed by atoms with Crippen LogP contribution in [0, 0.1) is 17.0 Å². The Balaban J connectivity index is 1.93. The summed E-state index contributed by atoms with van der Waals surface area (Å²) < 4.78 is 3.05. The highest BCUT2D eigenvalue weighted by Gasteiger charge is 2.42. The lowest BCUT2D eigenvalue weighted by atomic mass is 10.1. The zero-order valence-corrected chi connectivity index (χ0v) is 13.7. The Hall–Kier alpha value is -2.98. The summed E-state index contributed by atoms with van der Waals surface area (Å²) in [5, 5.41) is 13.6. The molecule has 3 N–H and O–H groups in total. The molecule has 1 saturated heterocycles. The number of carbonyl (C=O) groups excluding carboxylic acids is 1.